The van der Waals surface area contributed by atoms with Gasteiger partial charge in [-0.25, -0.2) is 14.6 Å². The zero-order valence-electron chi connectivity index (χ0n) is 17.3. The van der Waals surface area contributed by atoms with Gasteiger partial charge in [0.15, 0.2) is 11.5 Å². The Morgan fingerprint density at radius 3 is 2.62 bits per heavy atom. The minimum atomic E-state index is -0.195. The second kappa shape index (κ2) is 8.23. The van der Waals surface area contributed by atoms with Crippen molar-refractivity contribution in [2.24, 2.45) is 0 Å². The van der Waals surface area contributed by atoms with Gasteiger partial charge in [0.1, 0.15) is 6.07 Å². The highest BCUT2D eigenvalue weighted by Gasteiger charge is 2.47. The number of amides is 1. The quantitative estimate of drug-likeness (QED) is 0.606. The molecule has 9 nitrogen and oxygen atoms in total. The first-order valence-electron chi connectivity index (χ1n) is 10.6. The molecular formula is C23H21N7O2. The maximum Gasteiger partial charge on any atom is 0.266 e. The lowest BCUT2D eigenvalue weighted by Gasteiger charge is -2.26. The summed E-state index contributed by atoms with van der Waals surface area (Å²) in [6.45, 7) is 1.43. The van der Waals surface area contributed by atoms with Gasteiger partial charge >= 0.3 is 0 Å². The fourth-order valence-electron chi connectivity index (χ4n) is 4.68. The summed E-state index contributed by atoms with van der Waals surface area (Å²) < 4.78 is 1.42. The van der Waals surface area contributed by atoms with Crippen LogP contribution < -0.4 is 10.5 Å². The Hall–Kier alpha value is -4.06. The number of hydrogen-bond donors (Lipinski definition) is 0. The van der Waals surface area contributed by atoms with Crippen molar-refractivity contribution in [3.8, 4) is 17.3 Å². The van der Waals surface area contributed by atoms with Crippen molar-refractivity contribution in [3.05, 3.63) is 70.9 Å². The molecule has 0 bridgehead atoms. The standard InChI is InChI=1S/C23H21N7O2/c24-15-18-23(26-10-9-25-18)29-11-8-19-20(29)14-22(32)28(19)12-13-30-21(31)7-6-17(27-30)16-4-2-1-3-5-16/h1-7,9-10,19-20H,8,11-14H2/t19-,20-/m0/s1. The largest absolute Gasteiger partial charge is 0.349 e. The fraction of sp³-hybridized carbons (Fsp3) is 0.304. The molecule has 9 heteroatoms. The number of carbonyl (C=O) groups is 1. The molecule has 2 atom stereocenters. The first-order valence-corrected chi connectivity index (χ1v) is 10.6. The van der Waals surface area contributed by atoms with Gasteiger partial charge in [0.2, 0.25) is 5.91 Å². The molecule has 2 aliphatic rings. The highest BCUT2D eigenvalue weighted by atomic mass is 16.2. The molecule has 4 heterocycles. The number of nitriles is 1. The summed E-state index contributed by atoms with van der Waals surface area (Å²) in [5, 5.41) is 13.9. The van der Waals surface area contributed by atoms with E-state index in [9.17, 15) is 14.9 Å². The monoisotopic (exact) mass is 427 g/mol. The first-order chi connectivity index (χ1) is 15.7. The van der Waals surface area contributed by atoms with Crippen LogP contribution in [-0.2, 0) is 11.3 Å². The molecule has 2 fully saturated rings. The Morgan fingerprint density at radius 1 is 1.00 bits per heavy atom. The molecule has 0 unspecified atom stereocenters. The Balaban J connectivity index is 1.33. The third-order valence-electron chi connectivity index (χ3n) is 6.16. The Bertz CT molecular complexity index is 1250. The molecule has 0 saturated carbocycles. The van der Waals surface area contributed by atoms with E-state index in [0.29, 0.717) is 31.9 Å². The van der Waals surface area contributed by atoms with Crippen molar-refractivity contribution < 1.29 is 4.79 Å². The average molecular weight is 427 g/mol. The summed E-state index contributed by atoms with van der Waals surface area (Å²) in [6, 6.07) is 15.0. The molecule has 0 spiro atoms. The predicted molar refractivity (Wildman–Crippen MR) is 117 cm³/mol. The van der Waals surface area contributed by atoms with E-state index in [1.165, 1.54) is 16.9 Å². The van der Waals surface area contributed by atoms with E-state index in [-0.39, 0.29) is 29.2 Å². The van der Waals surface area contributed by atoms with E-state index in [1.54, 1.807) is 12.3 Å². The molecule has 3 aromatic rings. The average Bonchev–Trinajstić information content (AvgIpc) is 3.37. The number of likely N-dealkylation sites (tertiary alicyclic amines) is 1. The zero-order valence-corrected chi connectivity index (χ0v) is 17.3. The number of nitrogens with zero attached hydrogens (tertiary/aromatic N) is 7. The van der Waals surface area contributed by atoms with Crippen molar-refractivity contribution in [1.29, 1.82) is 5.26 Å². The van der Waals surface area contributed by atoms with Gasteiger partial charge in [0.05, 0.1) is 24.3 Å². The van der Waals surface area contributed by atoms with Crippen LogP contribution in [0.3, 0.4) is 0 Å². The lowest BCUT2D eigenvalue weighted by molar-refractivity contribution is -0.129. The van der Waals surface area contributed by atoms with Crippen LogP contribution in [0.25, 0.3) is 11.3 Å². The van der Waals surface area contributed by atoms with Gasteiger partial charge in [-0.1, -0.05) is 30.3 Å². The lowest BCUT2D eigenvalue weighted by atomic mass is 10.1. The second-order valence-corrected chi connectivity index (χ2v) is 7.89. The van der Waals surface area contributed by atoms with E-state index >= 15 is 0 Å². The molecule has 1 aromatic carbocycles. The number of fused-ring (bicyclic) bond motifs is 1. The minimum Gasteiger partial charge on any atom is -0.349 e. The molecule has 0 N–H and O–H groups in total. The van der Waals surface area contributed by atoms with Crippen LogP contribution in [0.2, 0.25) is 0 Å². The molecule has 32 heavy (non-hydrogen) atoms. The highest BCUT2D eigenvalue weighted by Crippen LogP contribution is 2.35. The number of anilines is 1. The summed E-state index contributed by atoms with van der Waals surface area (Å²) in [7, 11) is 0. The summed E-state index contributed by atoms with van der Waals surface area (Å²) in [5.74, 6) is 0.574. The first kappa shape index (κ1) is 19.9. The molecule has 5 rings (SSSR count). The Kier molecular flexibility index (Phi) is 5.11. The Morgan fingerprint density at radius 2 is 1.81 bits per heavy atom. The summed E-state index contributed by atoms with van der Waals surface area (Å²) in [4.78, 5) is 37.5. The van der Waals surface area contributed by atoms with Crippen LogP contribution in [0, 0.1) is 11.3 Å². The van der Waals surface area contributed by atoms with Crippen LogP contribution in [0.15, 0.2) is 59.7 Å². The van der Waals surface area contributed by atoms with Crippen LogP contribution in [0.1, 0.15) is 18.5 Å². The minimum absolute atomic E-state index is 0.0176. The predicted octanol–water partition coefficient (Wildman–Crippen LogP) is 1.45. The highest BCUT2D eigenvalue weighted by molar-refractivity contribution is 5.81. The van der Waals surface area contributed by atoms with Crippen molar-refractivity contribution in [1.82, 2.24) is 24.6 Å². The zero-order chi connectivity index (χ0) is 22.1. The molecule has 2 saturated heterocycles. The second-order valence-electron chi connectivity index (χ2n) is 7.89. The maximum absolute atomic E-state index is 12.8. The molecule has 1 amide bonds. The Labute approximate surface area is 184 Å². The number of hydrogen-bond acceptors (Lipinski definition) is 7. The molecule has 160 valence electrons. The summed E-state index contributed by atoms with van der Waals surface area (Å²) in [5.41, 5.74) is 1.73. The number of benzene rings is 1. The van der Waals surface area contributed by atoms with Gasteiger partial charge in [0.25, 0.3) is 5.56 Å². The van der Waals surface area contributed by atoms with Gasteiger partial charge in [-0.15, -0.1) is 0 Å². The van der Waals surface area contributed by atoms with Crippen molar-refractivity contribution in [2.75, 3.05) is 18.0 Å². The number of carbonyl (C=O) groups excluding carboxylic acids is 1. The SMILES string of the molecule is N#Cc1nccnc1N1CC[C@H]2[C@@H]1CC(=O)N2CCn1nc(-c2ccccc2)ccc1=O. The van der Waals surface area contributed by atoms with E-state index in [4.69, 9.17) is 0 Å². The van der Waals surface area contributed by atoms with Gasteiger partial charge < -0.3 is 9.80 Å². The third-order valence-corrected chi connectivity index (χ3v) is 6.16. The van der Waals surface area contributed by atoms with Gasteiger partial charge in [-0.05, 0) is 12.5 Å². The lowest BCUT2D eigenvalue weighted by Crippen LogP contribution is -2.40. The van der Waals surface area contributed by atoms with Crippen LogP contribution in [0.5, 0.6) is 0 Å². The molecule has 2 aromatic heterocycles. The van der Waals surface area contributed by atoms with Crippen molar-refractivity contribution in [3.63, 3.8) is 0 Å². The topological polar surface area (TPSA) is 108 Å². The number of aromatic nitrogens is 4. The molecular weight excluding hydrogens is 406 g/mol. The van der Waals surface area contributed by atoms with E-state index < -0.39 is 0 Å². The molecule has 0 radical (unpaired) electrons. The van der Waals surface area contributed by atoms with E-state index in [2.05, 4.69) is 21.1 Å². The van der Waals surface area contributed by atoms with Crippen molar-refractivity contribution in [2.45, 2.75) is 31.5 Å². The third kappa shape index (κ3) is 3.50. The molecule has 0 aliphatic carbocycles. The van der Waals surface area contributed by atoms with Gasteiger partial charge in [-0.3, -0.25) is 9.59 Å². The van der Waals surface area contributed by atoms with Gasteiger partial charge in [0, 0.05) is 43.5 Å². The van der Waals surface area contributed by atoms with Crippen LogP contribution >= 0.6 is 0 Å². The van der Waals surface area contributed by atoms with Crippen molar-refractivity contribution >= 4 is 11.7 Å². The van der Waals surface area contributed by atoms with Crippen LogP contribution in [0.4, 0.5) is 5.82 Å². The van der Waals surface area contributed by atoms with Crippen LogP contribution in [-0.4, -0.2) is 55.7 Å². The maximum atomic E-state index is 12.8. The number of rotatable bonds is 5. The van der Waals surface area contributed by atoms with E-state index in [1.807, 2.05) is 40.1 Å². The smallest absolute Gasteiger partial charge is 0.266 e. The molecule has 2 aliphatic heterocycles. The fourth-order valence-corrected chi connectivity index (χ4v) is 4.68. The summed E-state index contributed by atoms with van der Waals surface area (Å²) >= 11 is 0. The summed E-state index contributed by atoms with van der Waals surface area (Å²) in [6.07, 6.45) is 4.20. The van der Waals surface area contributed by atoms with E-state index in [0.717, 1.165) is 17.7 Å². The van der Waals surface area contributed by atoms with Gasteiger partial charge in [-0.2, -0.15) is 10.4 Å². The normalized spacial score (nSPS) is 19.8.